The maximum atomic E-state index is 13.4. The number of carbonyl (C=O) groups is 1. The van der Waals surface area contributed by atoms with E-state index in [1.807, 2.05) is 32.2 Å². The van der Waals surface area contributed by atoms with Gasteiger partial charge in [0.1, 0.15) is 11.5 Å². The van der Waals surface area contributed by atoms with E-state index >= 15 is 0 Å². The third-order valence-corrected chi connectivity index (χ3v) is 5.56. The molecule has 8 heteroatoms. The van der Waals surface area contributed by atoms with Gasteiger partial charge in [-0.2, -0.15) is 5.26 Å². The van der Waals surface area contributed by atoms with Crippen molar-refractivity contribution in [2.45, 2.75) is 26.7 Å². The molecule has 1 aliphatic heterocycles. The summed E-state index contributed by atoms with van der Waals surface area (Å²) < 4.78 is 10.8. The van der Waals surface area contributed by atoms with Crippen molar-refractivity contribution < 1.29 is 14.0 Å². The minimum Gasteiger partial charge on any atom is -0.486 e. The molecule has 1 fully saturated rings. The Bertz CT molecular complexity index is 1220. The van der Waals surface area contributed by atoms with E-state index in [2.05, 4.69) is 10.1 Å². The van der Waals surface area contributed by atoms with Gasteiger partial charge in [0.25, 0.3) is 6.26 Å². The molecular formula is C22H17BN4O3. The lowest BCUT2D eigenvalue weighted by Crippen LogP contribution is -2.38. The molecule has 1 aromatic carbocycles. The summed E-state index contributed by atoms with van der Waals surface area (Å²) in [6.45, 7) is 3.11. The number of carbonyl (C=O) groups excluding carboxylic acids is 1. The van der Waals surface area contributed by atoms with Crippen molar-refractivity contribution >= 4 is 29.5 Å². The van der Waals surface area contributed by atoms with Gasteiger partial charge in [-0.1, -0.05) is 17.3 Å². The van der Waals surface area contributed by atoms with Crippen LogP contribution in [0, 0.1) is 31.3 Å². The second kappa shape index (κ2) is 6.96. The lowest BCUT2D eigenvalue weighted by Gasteiger charge is -2.12. The summed E-state index contributed by atoms with van der Waals surface area (Å²) in [6.07, 6.45) is 5.43. The van der Waals surface area contributed by atoms with Crippen molar-refractivity contribution in [1.29, 1.82) is 5.26 Å². The van der Waals surface area contributed by atoms with Gasteiger partial charge in [-0.15, -0.1) is 0 Å². The van der Waals surface area contributed by atoms with Gasteiger partial charge in [0, 0.05) is 17.4 Å². The van der Waals surface area contributed by atoms with Gasteiger partial charge in [0.2, 0.25) is 5.78 Å². The quantitative estimate of drug-likeness (QED) is 0.373. The van der Waals surface area contributed by atoms with Crippen molar-refractivity contribution in [1.82, 2.24) is 10.1 Å². The molecule has 0 unspecified atom stereocenters. The average molecular weight is 396 g/mol. The zero-order valence-electron chi connectivity index (χ0n) is 16.5. The third kappa shape index (κ3) is 2.91. The lowest BCUT2D eigenvalue weighted by atomic mass is 9.56. The van der Waals surface area contributed by atoms with E-state index in [9.17, 15) is 10.1 Å². The van der Waals surface area contributed by atoms with E-state index in [4.69, 9.17) is 14.2 Å². The van der Waals surface area contributed by atoms with E-state index < -0.39 is 6.92 Å². The molecular weight excluding hydrogens is 379 g/mol. The number of rotatable bonds is 5. The minimum absolute atomic E-state index is 0.225. The first-order valence-electron chi connectivity index (χ1n) is 9.78. The number of fused-ring (bicyclic) bond motifs is 1. The van der Waals surface area contributed by atoms with Crippen molar-refractivity contribution in [2.24, 2.45) is 10.9 Å². The zero-order chi connectivity index (χ0) is 20.8. The summed E-state index contributed by atoms with van der Waals surface area (Å²) in [5.41, 5.74) is 5.19. The molecule has 0 amide bonds. The Labute approximate surface area is 173 Å². The van der Waals surface area contributed by atoms with Crippen molar-refractivity contribution in [2.75, 3.05) is 0 Å². The normalized spacial score (nSPS) is 14.8. The molecule has 0 spiro atoms. The highest BCUT2D eigenvalue weighted by Crippen LogP contribution is 2.39. The smallest absolute Gasteiger partial charge is 0.457 e. The molecule has 3 aromatic rings. The van der Waals surface area contributed by atoms with Crippen molar-refractivity contribution in [3.05, 3.63) is 59.2 Å². The molecule has 1 aliphatic carbocycles. The third-order valence-electron chi connectivity index (χ3n) is 5.56. The van der Waals surface area contributed by atoms with Crippen molar-refractivity contribution in [3.63, 3.8) is 0 Å². The largest absolute Gasteiger partial charge is 0.486 e. The van der Waals surface area contributed by atoms with Gasteiger partial charge < -0.3 is 9.18 Å². The zero-order valence-corrected chi connectivity index (χ0v) is 16.5. The standard InChI is InChI=1S/C22H17BN4O3/c1-12-19(13(2)30-27-12)15-9-16(21(28)18-5-3-4-8-25-18)20-17(10-15)23(29-11-24)22(26-20)14-6-7-14/h3-5,8-10,14H,6-7H2,1-2H3. The van der Waals surface area contributed by atoms with Crippen LogP contribution in [0.4, 0.5) is 5.69 Å². The van der Waals surface area contributed by atoms with E-state index in [0.29, 0.717) is 22.7 Å². The molecule has 0 bridgehead atoms. The van der Waals surface area contributed by atoms with Crippen LogP contribution >= 0.6 is 0 Å². The summed E-state index contributed by atoms with van der Waals surface area (Å²) in [4.78, 5) is 22.4. The summed E-state index contributed by atoms with van der Waals surface area (Å²) in [7, 11) is 0. The second-order valence-corrected chi connectivity index (χ2v) is 7.61. The van der Waals surface area contributed by atoms with E-state index in [0.717, 1.165) is 40.7 Å². The Morgan fingerprint density at radius 3 is 2.77 bits per heavy atom. The number of benzene rings is 1. The fraction of sp³-hybridized carbons (Fsp3) is 0.227. The average Bonchev–Trinajstić information content (AvgIpc) is 3.47. The van der Waals surface area contributed by atoms with Gasteiger partial charge >= 0.3 is 6.92 Å². The van der Waals surface area contributed by atoms with E-state index in [-0.39, 0.29) is 11.7 Å². The fourth-order valence-electron chi connectivity index (χ4n) is 4.04. The summed E-state index contributed by atoms with van der Waals surface area (Å²) in [5.74, 6) is 0.718. The van der Waals surface area contributed by atoms with Crippen LogP contribution in [0.25, 0.3) is 11.1 Å². The number of hydrogen-bond acceptors (Lipinski definition) is 7. The Hall–Kier alpha value is -3.73. The Morgan fingerprint density at radius 1 is 1.30 bits per heavy atom. The molecule has 7 nitrogen and oxygen atoms in total. The minimum atomic E-state index is -0.576. The highest BCUT2D eigenvalue weighted by molar-refractivity contribution is 6.99. The molecule has 2 aromatic heterocycles. The number of nitriles is 1. The molecule has 5 rings (SSSR count). The maximum absolute atomic E-state index is 13.4. The lowest BCUT2D eigenvalue weighted by molar-refractivity contribution is 0.103. The first kappa shape index (κ1) is 18.3. The van der Waals surface area contributed by atoms with Crippen LogP contribution in [0.15, 0.2) is 46.0 Å². The first-order valence-corrected chi connectivity index (χ1v) is 9.78. The number of ketones is 1. The van der Waals surface area contributed by atoms with Crippen LogP contribution in [-0.2, 0) is 4.65 Å². The highest BCUT2D eigenvalue weighted by atomic mass is 16.5. The van der Waals surface area contributed by atoms with Crippen LogP contribution in [0.3, 0.4) is 0 Å². The van der Waals surface area contributed by atoms with Gasteiger partial charge in [0.05, 0.1) is 16.9 Å². The number of nitrogens with zero attached hydrogens (tertiary/aromatic N) is 4. The predicted molar refractivity (Wildman–Crippen MR) is 111 cm³/mol. The first-order chi connectivity index (χ1) is 14.6. The van der Waals surface area contributed by atoms with Crippen LogP contribution in [-0.4, -0.2) is 28.5 Å². The Morgan fingerprint density at radius 2 is 2.13 bits per heavy atom. The molecule has 1 saturated carbocycles. The molecule has 146 valence electrons. The Balaban J connectivity index is 1.74. The molecule has 0 N–H and O–H groups in total. The number of pyridine rings is 1. The Kier molecular flexibility index (Phi) is 4.25. The van der Waals surface area contributed by atoms with Crippen LogP contribution in [0.5, 0.6) is 0 Å². The molecule has 0 radical (unpaired) electrons. The van der Waals surface area contributed by atoms with Crippen LogP contribution < -0.4 is 5.46 Å². The maximum Gasteiger partial charge on any atom is 0.457 e. The van der Waals surface area contributed by atoms with E-state index in [1.54, 1.807) is 24.4 Å². The summed E-state index contributed by atoms with van der Waals surface area (Å²) in [6, 6.07) is 8.96. The van der Waals surface area contributed by atoms with Crippen LogP contribution in [0.2, 0.25) is 0 Å². The second-order valence-electron chi connectivity index (χ2n) is 7.61. The summed E-state index contributed by atoms with van der Waals surface area (Å²) >= 11 is 0. The summed E-state index contributed by atoms with van der Waals surface area (Å²) in [5, 5.41) is 13.3. The molecule has 0 atom stereocenters. The van der Waals surface area contributed by atoms with Gasteiger partial charge in [-0.05, 0) is 61.8 Å². The van der Waals surface area contributed by atoms with Gasteiger partial charge in [-0.25, -0.2) is 0 Å². The topological polar surface area (TPSA) is 101 Å². The molecule has 0 saturated heterocycles. The number of aryl methyl sites for hydroxylation is 2. The molecule has 30 heavy (non-hydrogen) atoms. The fourth-order valence-corrected chi connectivity index (χ4v) is 4.04. The number of hydrogen-bond donors (Lipinski definition) is 0. The SMILES string of the molecule is Cc1noc(C)c1-c1cc2c(c(C(=O)c3ccccn3)c1)N=C(C1CC1)B2OC#N. The predicted octanol–water partition coefficient (Wildman–Crippen LogP) is 3.32. The molecule has 3 heterocycles. The highest BCUT2D eigenvalue weighted by Gasteiger charge is 2.45. The molecule has 2 aliphatic rings. The van der Waals surface area contributed by atoms with Crippen LogP contribution in [0.1, 0.15) is 40.3 Å². The van der Waals surface area contributed by atoms with Gasteiger partial charge in [0.15, 0.2) is 0 Å². The van der Waals surface area contributed by atoms with E-state index in [1.165, 1.54) is 0 Å². The van der Waals surface area contributed by atoms with Gasteiger partial charge in [-0.3, -0.25) is 14.8 Å². The van der Waals surface area contributed by atoms with Crippen molar-refractivity contribution in [3.8, 4) is 17.4 Å². The number of aromatic nitrogens is 2. The monoisotopic (exact) mass is 396 g/mol. The number of aliphatic imine (C=N–C) groups is 1.